The standard InChI is InChI=1S/C17H25N5O3/c1-10(2)15-18-16(20-19-15)13-9-21(5-6-25-13)17(24)11-7-14(23)22(8-11)12-3-4-12/h10-13H,3-9H2,1-2H3,(H,18,19,20). The quantitative estimate of drug-likeness (QED) is 0.871. The Balaban J connectivity index is 1.40. The lowest BCUT2D eigenvalue weighted by atomic mass is 10.1. The van der Waals surface area contributed by atoms with Gasteiger partial charge in [0.15, 0.2) is 11.6 Å². The fourth-order valence-electron chi connectivity index (χ4n) is 3.60. The molecule has 3 fully saturated rings. The van der Waals surface area contributed by atoms with Gasteiger partial charge in [-0.15, -0.1) is 0 Å². The van der Waals surface area contributed by atoms with Gasteiger partial charge in [-0.05, 0) is 12.8 Å². The Bertz CT molecular complexity index is 669. The molecule has 1 aromatic rings. The highest BCUT2D eigenvalue weighted by Crippen LogP contribution is 2.33. The number of carbonyl (C=O) groups is 2. The number of H-pyrrole nitrogens is 1. The van der Waals surface area contributed by atoms with E-state index in [0.717, 1.165) is 18.7 Å². The summed E-state index contributed by atoms with van der Waals surface area (Å²) in [7, 11) is 0. The van der Waals surface area contributed by atoms with E-state index in [1.165, 1.54) is 0 Å². The third-order valence-electron chi connectivity index (χ3n) is 5.21. The molecule has 2 saturated heterocycles. The summed E-state index contributed by atoms with van der Waals surface area (Å²) in [4.78, 5) is 33.2. The van der Waals surface area contributed by atoms with E-state index < -0.39 is 0 Å². The Hall–Kier alpha value is -1.96. The van der Waals surface area contributed by atoms with E-state index in [1.807, 2.05) is 23.6 Å². The number of hydrogen-bond donors (Lipinski definition) is 1. The van der Waals surface area contributed by atoms with Crippen molar-refractivity contribution in [3.63, 3.8) is 0 Å². The third kappa shape index (κ3) is 3.27. The molecule has 3 aliphatic rings. The number of ether oxygens (including phenoxy) is 1. The summed E-state index contributed by atoms with van der Waals surface area (Å²) in [6.07, 6.45) is 2.22. The second kappa shape index (κ2) is 6.40. The molecule has 25 heavy (non-hydrogen) atoms. The molecule has 0 bridgehead atoms. The summed E-state index contributed by atoms with van der Waals surface area (Å²) in [6, 6.07) is 0.381. The van der Waals surface area contributed by atoms with E-state index in [4.69, 9.17) is 4.74 Å². The van der Waals surface area contributed by atoms with Crippen LogP contribution in [0.1, 0.15) is 56.8 Å². The number of morpholine rings is 1. The van der Waals surface area contributed by atoms with Crippen molar-refractivity contribution in [1.29, 1.82) is 0 Å². The van der Waals surface area contributed by atoms with Gasteiger partial charge in [0.25, 0.3) is 0 Å². The van der Waals surface area contributed by atoms with Crippen LogP contribution in [0.5, 0.6) is 0 Å². The number of hydrogen-bond acceptors (Lipinski definition) is 5. The van der Waals surface area contributed by atoms with Gasteiger partial charge in [-0.3, -0.25) is 14.7 Å². The van der Waals surface area contributed by atoms with Crippen LogP contribution in [0, 0.1) is 5.92 Å². The van der Waals surface area contributed by atoms with Gasteiger partial charge in [-0.1, -0.05) is 13.8 Å². The van der Waals surface area contributed by atoms with Crippen molar-refractivity contribution in [1.82, 2.24) is 25.0 Å². The van der Waals surface area contributed by atoms with Gasteiger partial charge in [-0.2, -0.15) is 5.10 Å². The first-order chi connectivity index (χ1) is 12.0. The largest absolute Gasteiger partial charge is 0.367 e. The molecule has 2 amide bonds. The molecule has 1 N–H and O–H groups in total. The Kier molecular flexibility index (Phi) is 4.23. The Labute approximate surface area is 146 Å². The molecule has 136 valence electrons. The third-order valence-corrected chi connectivity index (χ3v) is 5.21. The maximum atomic E-state index is 12.9. The highest BCUT2D eigenvalue weighted by atomic mass is 16.5. The number of likely N-dealkylation sites (tertiary alicyclic amines) is 1. The van der Waals surface area contributed by atoms with Crippen LogP contribution in [0.15, 0.2) is 0 Å². The van der Waals surface area contributed by atoms with E-state index in [-0.39, 0.29) is 29.8 Å². The van der Waals surface area contributed by atoms with E-state index in [2.05, 4.69) is 15.2 Å². The van der Waals surface area contributed by atoms with Gasteiger partial charge in [-0.25, -0.2) is 4.98 Å². The van der Waals surface area contributed by atoms with E-state index in [0.29, 0.717) is 44.5 Å². The molecule has 0 radical (unpaired) electrons. The van der Waals surface area contributed by atoms with E-state index in [9.17, 15) is 9.59 Å². The van der Waals surface area contributed by atoms with Gasteiger partial charge in [0.2, 0.25) is 11.8 Å². The molecule has 8 heteroatoms. The zero-order valence-corrected chi connectivity index (χ0v) is 14.8. The number of aromatic amines is 1. The number of nitrogens with one attached hydrogen (secondary N) is 1. The highest BCUT2D eigenvalue weighted by molar-refractivity contribution is 5.89. The number of amides is 2. The molecule has 0 spiro atoms. The van der Waals surface area contributed by atoms with Crippen molar-refractivity contribution in [2.75, 3.05) is 26.2 Å². The maximum absolute atomic E-state index is 12.9. The minimum absolute atomic E-state index is 0.0633. The molecule has 1 saturated carbocycles. The number of nitrogens with zero attached hydrogens (tertiary/aromatic N) is 4. The fraction of sp³-hybridized carbons (Fsp3) is 0.765. The van der Waals surface area contributed by atoms with Crippen molar-refractivity contribution in [2.24, 2.45) is 5.92 Å². The van der Waals surface area contributed by atoms with Crippen molar-refractivity contribution < 1.29 is 14.3 Å². The van der Waals surface area contributed by atoms with Crippen LogP contribution in [0.4, 0.5) is 0 Å². The molecule has 8 nitrogen and oxygen atoms in total. The van der Waals surface area contributed by atoms with Crippen LogP contribution in [0.25, 0.3) is 0 Å². The molecule has 1 aromatic heterocycles. The second-order valence-electron chi connectivity index (χ2n) is 7.56. The smallest absolute Gasteiger partial charge is 0.228 e. The molecule has 4 rings (SSSR count). The molecule has 2 unspecified atom stereocenters. The molecular formula is C17H25N5O3. The number of aromatic nitrogens is 3. The van der Waals surface area contributed by atoms with Crippen molar-refractivity contribution in [3.8, 4) is 0 Å². The minimum atomic E-state index is -0.283. The molecule has 2 atom stereocenters. The van der Waals surface area contributed by atoms with Crippen molar-refractivity contribution in [3.05, 3.63) is 11.6 Å². The summed E-state index contributed by atoms with van der Waals surface area (Å²) in [5, 5.41) is 7.15. The predicted octanol–water partition coefficient (Wildman–Crippen LogP) is 0.839. The lowest BCUT2D eigenvalue weighted by molar-refractivity contribution is -0.143. The maximum Gasteiger partial charge on any atom is 0.228 e. The molecule has 0 aromatic carbocycles. The first kappa shape index (κ1) is 16.5. The van der Waals surface area contributed by atoms with Crippen molar-refractivity contribution in [2.45, 2.75) is 51.2 Å². The van der Waals surface area contributed by atoms with Gasteiger partial charge < -0.3 is 14.5 Å². The normalized spacial score (nSPS) is 27.4. The molecule has 3 heterocycles. The highest BCUT2D eigenvalue weighted by Gasteiger charge is 2.43. The van der Waals surface area contributed by atoms with Crippen LogP contribution in [-0.2, 0) is 14.3 Å². The van der Waals surface area contributed by atoms with Crippen LogP contribution in [0.3, 0.4) is 0 Å². The Morgan fingerprint density at radius 2 is 2.12 bits per heavy atom. The lowest BCUT2D eigenvalue weighted by Gasteiger charge is -2.33. The first-order valence-electron chi connectivity index (χ1n) is 9.15. The second-order valence-corrected chi connectivity index (χ2v) is 7.56. The fourth-order valence-corrected chi connectivity index (χ4v) is 3.60. The zero-order valence-electron chi connectivity index (χ0n) is 14.8. The van der Waals surface area contributed by atoms with Crippen LogP contribution < -0.4 is 0 Å². The Morgan fingerprint density at radius 3 is 2.80 bits per heavy atom. The number of carbonyl (C=O) groups excluding carboxylic acids is 2. The molecule has 1 aliphatic carbocycles. The van der Waals surface area contributed by atoms with E-state index in [1.54, 1.807) is 0 Å². The molecule has 2 aliphatic heterocycles. The average Bonchev–Trinajstić information content (AvgIpc) is 3.18. The predicted molar refractivity (Wildman–Crippen MR) is 88.6 cm³/mol. The Morgan fingerprint density at radius 1 is 1.32 bits per heavy atom. The van der Waals surface area contributed by atoms with Gasteiger partial charge in [0, 0.05) is 31.5 Å². The lowest BCUT2D eigenvalue weighted by Crippen LogP contribution is -2.45. The summed E-state index contributed by atoms with van der Waals surface area (Å²) >= 11 is 0. The SMILES string of the molecule is CC(C)c1n[nH]c(C2CN(C(=O)C3CC(=O)N(C4CC4)C3)CCO2)n1. The summed E-state index contributed by atoms with van der Waals surface area (Å²) in [5.74, 6) is 1.64. The first-order valence-corrected chi connectivity index (χ1v) is 9.15. The summed E-state index contributed by atoms with van der Waals surface area (Å²) in [5.41, 5.74) is 0. The summed E-state index contributed by atoms with van der Waals surface area (Å²) in [6.45, 7) is 6.14. The van der Waals surface area contributed by atoms with Crippen LogP contribution in [0.2, 0.25) is 0 Å². The summed E-state index contributed by atoms with van der Waals surface area (Å²) < 4.78 is 5.79. The van der Waals surface area contributed by atoms with Gasteiger partial charge in [0.1, 0.15) is 6.10 Å². The monoisotopic (exact) mass is 347 g/mol. The van der Waals surface area contributed by atoms with E-state index >= 15 is 0 Å². The molecular weight excluding hydrogens is 322 g/mol. The van der Waals surface area contributed by atoms with Gasteiger partial charge in [0.05, 0.1) is 19.1 Å². The minimum Gasteiger partial charge on any atom is -0.367 e. The number of rotatable bonds is 4. The van der Waals surface area contributed by atoms with Gasteiger partial charge >= 0.3 is 0 Å². The zero-order chi connectivity index (χ0) is 17.6. The van der Waals surface area contributed by atoms with Crippen molar-refractivity contribution >= 4 is 11.8 Å². The average molecular weight is 347 g/mol. The van der Waals surface area contributed by atoms with Crippen LogP contribution in [-0.4, -0.2) is 69.1 Å². The van der Waals surface area contributed by atoms with Crippen LogP contribution >= 0.6 is 0 Å². The topological polar surface area (TPSA) is 91.4 Å².